The lowest BCUT2D eigenvalue weighted by Gasteiger charge is -2.34. The molecule has 0 N–H and O–H groups in total. The fraction of sp³-hybridized carbons (Fsp3) is 0.529. The minimum atomic E-state index is 0.989. The van der Waals surface area contributed by atoms with E-state index >= 15 is 0 Å². The van der Waals surface area contributed by atoms with E-state index in [0.29, 0.717) is 0 Å². The highest BCUT2D eigenvalue weighted by atomic mass is 15.3. The van der Waals surface area contributed by atoms with Crippen LogP contribution in [0, 0.1) is 6.92 Å². The lowest BCUT2D eigenvalue weighted by Crippen LogP contribution is -2.47. The van der Waals surface area contributed by atoms with Gasteiger partial charge in [-0.15, -0.1) is 10.2 Å². The number of rotatable bonds is 6. The van der Waals surface area contributed by atoms with Crippen LogP contribution < -0.4 is 0 Å². The Morgan fingerprint density at radius 1 is 0.909 bits per heavy atom. The van der Waals surface area contributed by atoms with Crippen molar-refractivity contribution in [3.05, 3.63) is 48.0 Å². The Balaban J connectivity index is 1.36. The molecule has 1 aromatic heterocycles. The Morgan fingerprint density at radius 3 is 2.23 bits per heavy atom. The molecule has 1 fully saturated rings. The predicted molar refractivity (Wildman–Crippen MR) is 87.8 cm³/mol. The van der Waals surface area contributed by atoms with Gasteiger partial charge in [-0.05, 0) is 18.9 Å². The Kier molecular flexibility index (Phi) is 5.19. The van der Waals surface area contributed by atoms with Crippen molar-refractivity contribution < 1.29 is 0 Å². The molecule has 1 saturated heterocycles. The third-order valence-electron chi connectivity index (χ3n) is 4.49. The summed E-state index contributed by atoms with van der Waals surface area (Å²) in [5, 5.41) is 7.97. The highest BCUT2D eigenvalue weighted by Crippen LogP contribution is 2.06. The summed E-state index contributed by atoms with van der Waals surface area (Å²) in [6, 6.07) is 10.8. The van der Waals surface area contributed by atoms with Gasteiger partial charge in [0.2, 0.25) is 0 Å². The minimum Gasteiger partial charge on any atom is -0.317 e. The van der Waals surface area contributed by atoms with Gasteiger partial charge in [0.15, 0.2) is 0 Å². The van der Waals surface area contributed by atoms with Crippen LogP contribution >= 0.6 is 0 Å². The summed E-state index contributed by atoms with van der Waals surface area (Å²) >= 11 is 0. The van der Waals surface area contributed by atoms with Gasteiger partial charge in [0, 0.05) is 45.8 Å². The van der Waals surface area contributed by atoms with Gasteiger partial charge in [-0.25, -0.2) is 0 Å². The summed E-state index contributed by atoms with van der Waals surface area (Å²) in [6.07, 6.45) is 2.98. The van der Waals surface area contributed by atoms with Crippen LogP contribution in [-0.4, -0.2) is 63.8 Å². The number of piperazine rings is 1. The van der Waals surface area contributed by atoms with E-state index in [1.165, 1.54) is 25.2 Å². The summed E-state index contributed by atoms with van der Waals surface area (Å²) < 4.78 is 2.13. The van der Waals surface area contributed by atoms with Gasteiger partial charge < -0.3 is 9.47 Å². The fourth-order valence-corrected chi connectivity index (χ4v) is 2.95. The maximum Gasteiger partial charge on any atom is 0.129 e. The SMILES string of the molecule is Cc1nncn1CCN1CCN(CCc2ccccc2)CC1. The van der Waals surface area contributed by atoms with E-state index in [0.717, 1.165) is 38.4 Å². The average molecular weight is 299 g/mol. The summed E-state index contributed by atoms with van der Waals surface area (Å²) in [5.41, 5.74) is 1.44. The number of hydrogen-bond acceptors (Lipinski definition) is 4. The van der Waals surface area contributed by atoms with E-state index in [-0.39, 0.29) is 0 Å². The third-order valence-corrected chi connectivity index (χ3v) is 4.49. The zero-order valence-electron chi connectivity index (χ0n) is 13.4. The molecule has 0 aliphatic carbocycles. The molecular formula is C17H25N5. The molecule has 2 heterocycles. The molecule has 0 unspecified atom stereocenters. The molecule has 0 atom stereocenters. The number of aryl methyl sites for hydroxylation is 1. The van der Waals surface area contributed by atoms with Crippen LogP contribution in [0.25, 0.3) is 0 Å². The first-order chi connectivity index (χ1) is 10.8. The van der Waals surface area contributed by atoms with Crippen molar-refractivity contribution in [2.75, 3.05) is 39.3 Å². The van der Waals surface area contributed by atoms with Crippen molar-refractivity contribution in [1.82, 2.24) is 24.6 Å². The van der Waals surface area contributed by atoms with Crippen molar-refractivity contribution in [2.45, 2.75) is 19.9 Å². The number of nitrogens with zero attached hydrogens (tertiary/aromatic N) is 5. The molecule has 1 aliphatic heterocycles. The summed E-state index contributed by atoms with van der Waals surface area (Å²) in [4.78, 5) is 5.12. The molecule has 0 spiro atoms. The summed E-state index contributed by atoms with van der Waals surface area (Å²) in [5.74, 6) is 1.00. The van der Waals surface area contributed by atoms with E-state index < -0.39 is 0 Å². The highest BCUT2D eigenvalue weighted by Gasteiger charge is 2.16. The van der Waals surface area contributed by atoms with Crippen molar-refractivity contribution in [2.24, 2.45) is 0 Å². The lowest BCUT2D eigenvalue weighted by atomic mass is 10.1. The van der Waals surface area contributed by atoms with Gasteiger partial charge in [0.25, 0.3) is 0 Å². The lowest BCUT2D eigenvalue weighted by molar-refractivity contribution is 0.130. The van der Waals surface area contributed by atoms with Crippen molar-refractivity contribution >= 4 is 0 Å². The predicted octanol–water partition coefficient (Wildman–Crippen LogP) is 1.45. The average Bonchev–Trinajstić information content (AvgIpc) is 2.98. The molecule has 2 aromatic rings. The zero-order valence-corrected chi connectivity index (χ0v) is 13.4. The molecule has 0 radical (unpaired) electrons. The smallest absolute Gasteiger partial charge is 0.129 e. The van der Waals surface area contributed by atoms with E-state index in [2.05, 4.69) is 54.9 Å². The van der Waals surface area contributed by atoms with Gasteiger partial charge in [-0.1, -0.05) is 30.3 Å². The molecule has 1 aromatic carbocycles. The second kappa shape index (κ2) is 7.51. The quantitative estimate of drug-likeness (QED) is 0.809. The fourth-order valence-electron chi connectivity index (χ4n) is 2.95. The van der Waals surface area contributed by atoms with Crippen LogP contribution in [0.5, 0.6) is 0 Å². The van der Waals surface area contributed by atoms with Crippen LogP contribution in [0.2, 0.25) is 0 Å². The topological polar surface area (TPSA) is 37.2 Å². The van der Waals surface area contributed by atoms with Gasteiger partial charge in [-0.3, -0.25) is 4.90 Å². The van der Waals surface area contributed by atoms with Crippen molar-refractivity contribution in [1.29, 1.82) is 0 Å². The molecule has 0 bridgehead atoms. The summed E-state index contributed by atoms with van der Waals surface area (Å²) in [6.45, 7) is 9.93. The second-order valence-corrected chi connectivity index (χ2v) is 5.99. The molecular weight excluding hydrogens is 274 g/mol. The van der Waals surface area contributed by atoms with E-state index in [9.17, 15) is 0 Å². The molecule has 0 saturated carbocycles. The number of benzene rings is 1. The Labute approximate surface area is 132 Å². The number of aromatic nitrogens is 3. The number of hydrogen-bond donors (Lipinski definition) is 0. The normalized spacial score (nSPS) is 17.0. The third kappa shape index (κ3) is 4.15. The highest BCUT2D eigenvalue weighted by molar-refractivity contribution is 5.14. The molecule has 3 rings (SSSR count). The maximum atomic E-state index is 4.03. The molecule has 5 heteroatoms. The van der Waals surface area contributed by atoms with Crippen LogP contribution in [0.1, 0.15) is 11.4 Å². The standard InChI is InChI=1S/C17H25N5/c1-16-19-18-15-22(16)14-13-21-11-9-20(10-12-21)8-7-17-5-3-2-4-6-17/h2-6,15H,7-14H2,1H3. The first-order valence-electron chi connectivity index (χ1n) is 8.14. The van der Waals surface area contributed by atoms with E-state index in [4.69, 9.17) is 0 Å². The van der Waals surface area contributed by atoms with Crippen molar-refractivity contribution in [3.8, 4) is 0 Å². The Hall–Kier alpha value is -1.72. The first kappa shape index (κ1) is 15.2. The van der Waals surface area contributed by atoms with Gasteiger partial charge in [-0.2, -0.15) is 0 Å². The van der Waals surface area contributed by atoms with Crippen LogP contribution in [0.4, 0.5) is 0 Å². The molecule has 22 heavy (non-hydrogen) atoms. The Bertz CT molecular complexity index is 557. The van der Waals surface area contributed by atoms with E-state index in [1.807, 2.05) is 13.3 Å². The summed E-state index contributed by atoms with van der Waals surface area (Å²) in [7, 11) is 0. The van der Waals surface area contributed by atoms with E-state index in [1.54, 1.807) is 0 Å². The van der Waals surface area contributed by atoms with Crippen LogP contribution in [0.3, 0.4) is 0 Å². The molecule has 5 nitrogen and oxygen atoms in total. The van der Waals surface area contributed by atoms with Crippen molar-refractivity contribution in [3.63, 3.8) is 0 Å². The first-order valence-corrected chi connectivity index (χ1v) is 8.14. The van der Waals surface area contributed by atoms with Crippen LogP contribution in [0.15, 0.2) is 36.7 Å². The minimum absolute atomic E-state index is 0.989. The van der Waals surface area contributed by atoms with Crippen LogP contribution in [-0.2, 0) is 13.0 Å². The second-order valence-electron chi connectivity index (χ2n) is 5.99. The van der Waals surface area contributed by atoms with Gasteiger partial charge >= 0.3 is 0 Å². The zero-order chi connectivity index (χ0) is 15.2. The Morgan fingerprint density at radius 2 is 1.59 bits per heavy atom. The van der Waals surface area contributed by atoms with Gasteiger partial charge in [0.1, 0.15) is 12.2 Å². The molecule has 0 amide bonds. The maximum absolute atomic E-state index is 4.03. The molecule has 1 aliphatic rings. The monoisotopic (exact) mass is 299 g/mol. The molecule has 118 valence electrons. The van der Waals surface area contributed by atoms with Gasteiger partial charge in [0.05, 0.1) is 0 Å². The largest absolute Gasteiger partial charge is 0.317 e.